The SMILES string of the molecule is CC(C)(C)OC(=O)CO[C@H]1CC[C@@H](OC(F)(F)F)C1. The van der Waals surface area contributed by atoms with E-state index in [2.05, 4.69) is 4.74 Å². The van der Waals surface area contributed by atoms with Gasteiger partial charge in [0.25, 0.3) is 0 Å². The van der Waals surface area contributed by atoms with E-state index in [4.69, 9.17) is 9.47 Å². The fraction of sp³-hybridized carbons (Fsp3) is 0.917. The third-order valence-electron chi connectivity index (χ3n) is 2.49. The van der Waals surface area contributed by atoms with Gasteiger partial charge >= 0.3 is 12.3 Å². The van der Waals surface area contributed by atoms with Crippen LogP contribution in [0.1, 0.15) is 40.0 Å². The number of esters is 1. The summed E-state index contributed by atoms with van der Waals surface area (Å²) in [6, 6.07) is 0. The largest absolute Gasteiger partial charge is 0.522 e. The molecule has 1 rings (SSSR count). The maximum atomic E-state index is 12.0. The van der Waals surface area contributed by atoms with E-state index >= 15 is 0 Å². The van der Waals surface area contributed by atoms with E-state index in [9.17, 15) is 18.0 Å². The molecule has 0 saturated heterocycles. The second-order valence-electron chi connectivity index (χ2n) is 5.52. The number of carbonyl (C=O) groups excluding carboxylic acids is 1. The minimum atomic E-state index is -4.62. The molecule has 112 valence electrons. The Hall–Kier alpha value is -0.820. The lowest BCUT2D eigenvalue weighted by Crippen LogP contribution is -2.28. The van der Waals surface area contributed by atoms with Gasteiger partial charge in [-0.25, -0.2) is 4.79 Å². The van der Waals surface area contributed by atoms with Crippen molar-refractivity contribution in [1.29, 1.82) is 0 Å². The number of ether oxygens (including phenoxy) is 3. The quantitative estimate of drug-likeness (QED) is 0.745. The molecule has 0 amide bonds. The van der Waals surface area contributed by atoms with Crippen LogP contribution in [0.15, 0.2) is 0 Å². The predicted octanol–water partition coefficient (Wildman–Crippen LogP) is 2.80. The lowest BCUT2D eigenvalue weighted by Gasteiger charge is -2.20. The van der Waals surface area contributed by atoms with Gasteiger partial charge in [-0.3, -0.25) is 4.74 Å². The van der Waals surface area contributed by atoms with Crippen LogP contribution in [0.2, 0.25) is 0 Å². The fourth-order valence-electron chi connectivity index (χ4n) is 1.90. The zero-order chi connectivity index (χ0) is 14.7. The van der Waals surface area contributed by atoms with Crippen molar-refractivity contribution in [2.24, 2.45) is 0 Å². The average Bonchev–Trinajstić information content (AvgIpc) is 2.57. The lowest BCUT2D eigenvalue weighted by molar-refractivity contribution is -0.342. The van der Waals surface area contributed by atoms with Crippen LogP contribution in [0.5, 0.6) is 0 Å². The van der Waals surface area contributed by atoms with Crippen LogP contribution in [0, 0.1) is 0 Å². The number of carbonyl (C=O) groups is 1. The summed E-state index contributed by atoms with van der Waals surface area (Å²) in [5, 5.41) is 0. The number of halogens is 3. The Morgan fingerprint density at radius 3 is 2.26 bits per heavy atom. The van der Waals surface area contributed by atoms with E-state index in [1.807, 2.05) is 0 Å². The van der Waals surface area contributed by atoms with Crippen molar-refractivity contribution in [3.05, 3.63) is 0 Å². The van der Waals surface area contributed by atoms with Gasteiger partial charge in [-0.15, -0.1) is 13.2 Å². The van der Waals surface area contributed by atoms with Crippen LogP contribution >= 0.6 is 0 Å². The normalized spacial score (nSPS) is 24.5. The zero-order valence-corrected chi connectivity index (χ0v) is 11.3. The van der Waals surface area contributed by atoms with Gasteiger partial charge in [0.1, 0.15) is 12.2 Å². The van der Waals surface area contributed by atoms with Crippen LogP contribution in [0.25, 0.3) is 0 Å². The molecule has 0 aromatic carbocycles. The zero-order valence-electron chi connectivity index (χ0n) is 11.3. The molecule has 0 aromatic rings. The molecule has 1 fully saturated rings. The summed E-state index contributed by atoms with van der Waals surface area (Å²) in [6.07, 6.45) is -5.03. The summed E-state index contributed by atoms with van der Waals surface area (Å²) < 4.78 is 50.2. The first-order valence-electron chi connectivity index (χ1n) is 6.13. The molecule has 7 heteroatoms. The summed E-state index contributed by atoms with van der Waals surface area (Å²) >= 11 is 0. The molecule has 1 saturated carbocycles. The van der Waals surface area contributed by atoms with E-state index in [0.717, 1.165) is 0 Å². The van der Waals surface area contributed by atoms with Gasteiger partial charge in [0.15, 0.2) is 0 Å². The van der Waals surface area contributed by atoms with Crippen molar-refractivity contribution in [3.63, 3.8) is 0 Å². The van der Waals surface area contributed by atoms with Crippen molar-refractivity contribution in [2.45, 2.75) is 64.2 Å². The van der Waals surface area contributed by atoms with E-state index in [0.29, 0.717) is 6.42 Å². The summed E-state index contributed by atoms with van der Waals surface area (Å²) in [5.74, 6) is -0.521. The molecule has 0 heterocycles. The van der Waals surface area contributed by atoms with Gasteiger partial charge in [-0.1, -0.05) is 0 Å². The van der Waals surface area contributed by atoms with E-state index in [1.165, 1.54) is 0 Å². The fourth-order valence-corrected chi connectivity index (χ4v) is 1.90. The van der Waals surface area contributed by atoms with Crippen LogP contribution in [0.3, 0.4) is 0 Å². The summed E-state index contributed by atoms with van der Waals surface area (Å²) in [7, 11) is 0. The molecule has 0 bridgehead atoms. The Morgan fingerprint density at radius 1 is 1.16 bits per heavy atom. The smallest absolute Gasteiger partial charge is 0.458 e. The molecule has 0 unspecified atom stereocenters. The molecule has 0 N–H and O–H groups in total. The average molecular weight is 284 g/mol. The molecule has 1 aliphatic rings. The molecule has 0 spiro atoms. The van der Waals surface area contributed by atoms with Crippen molar-refractivity contribution >= 4 is 5.97 Å². The van der Waals surface area contributed by atoms with Gasteiger partial charge in [0, 0.05) is 6.42 Å². The minimum absolute atomic E-state index is 0.141. The van der Waals surface area contributed by atoms with Crippen molar-refractivity contribution < 1.29 is 32.2 Å². The molecular weight excluding hydrogens is 265 g/mol. The Bertz CT molecular complexity index is 309. The maximum Gasteiger partial charge on any atom is 0.522 e. The molecule has 1 aliphatic carbocycles. The highest BCUT2D eigenvalue weighted by molar-refractivity contribution is 5.71. The van der Waals surface area contributed by atoms with Gasteiger partial charge in [0.2, 0.25) is 0 Å². The molecular formula is C12H19F3O4. The molecule has 2 atom stereocenters. The Balaban J connectivity index is 2.24. The second-order valence-corrected chi connectivity index (χ2v) is 5.52. The maximum absolute atomic E-state index is 12.0. The van der Waals surface area contributed by atoms with Crippen LogP contribution in [-0.2, 0) is 19.0 Å². The Labute approximate surface area is 110 Å². The van der Waals surface area contributed by atoms with Crippen LogP contribution in [0.4, 0.5) is 13.2 Å². The third kappa shape index (κ3) is 7.37. The number of hydrogen-bond acceptors (Lipinski definition) is 4. The number of hydrogen-bond donors (Lipinski definition) is 0. The highest BCUT2D eigenvalue weighted by Crippen LogP contribution is 2.30. The van der Waals surface area contributed by atoms with Crippen LogP contribution < -0.4 is 0 Å². The van der Waals surface area contributed by atoms with Crippen LogP contribution in [-0.4, -0.2) is 36.7 Å². The molecule has 4 nitrogen and oxygen atoms in total. The number of rotatable bonds is 4. The molecule has 0 aromatic heterocycles. The van der Waals surface area contributed by atoms with Crippen molar-refractivity contribution in [2.75, 3.05) is 6.61 Å². The molecule has 19 heavy (non-hydrogen) atoms. The van der Waals surface area contributed by atoms with Crippen molar-refractivity contribution in [3.8, 4) is 0 Å². The van der Waals surface area contributed by atoms with E-state index in [1.54, 1.807) is 20.8 Å². The van der Waals surface area contributed by atoms with E-state index in [-0.39, 0.29) is 25.6 Å². The van der Waals surface area contributed by atoms with Gasteiger partial charge < -0.3 is 9.47 Å². The summed E-state index contributed by atoms with van der Waals surface area (Å²) in [5.41, 5.74) is -0.599. The highest BCUT2D eigenvalue weighted by Gasteiger charge is 2.37. The topological polar surface area (TPSA) is 44.8 Å². The second kappa shape index (κ2) is 6.09. The summed E-state index contributed by atoms with van der Waals surface area (Å²) in [4.78, 5) is 11.4. The number of alkyl halides is 3. The summed E-state index contributed by atoms with van der Waals surface area (Å²) in [6.45, 7) is 4.94. The highest BCUT2D eigenvalue weighted by atomic mass is 19.4. The standard InChI is InChI=1S/C12H19F3O4/c1-11(2,3)19-10(16)7-17-8-4-5-9(6-8)18-12(13,14)15/h8-9H,4-7H2,1-3H3/t8-,9+/m0/s1. The Kier molecular flexibility index (Phi) is 5.20. The first-order valence-corrected chi connectivity index (χ1v) is 6.13. The molecule has 0 radical (unpaired) electrons. The van der Waals surface area contributed by atoms with Gasteiger partial charge in [0.05, 0.1) is 12.2 Å². The first kappa shape index (κ1) is 16.2. The van der Waals surface area contributed by atoms with Crippen molar-refractivity contribution in [1.82, 2.24) is 0 Å². The minimum Gasteiger partial charge on any atom is -0.458 e. The van der Waals surface area contributed by atoms with Gasteiger partial charge in [-0.05, 0) is 33.6 Å². The third-order valence-corrected chi connectivity index (χ3v) is 2.49. The van der Waals surface area contributed by atoms with E-state index < -0.39 is 24.0 Å². The predicted molar refractivity (Wildman–Crippen MR) is 60.4 cm³/mol. The lowest BCUT2D eigenvalue weighted by atomic mass is 10.2. The van der Waals surface area contributed by atoms with Gasteiger partial charge in [-0.2, -0.15) is 0 Å². The first-order chi connectivity index (χ1) is 8.55. The monoisotopic (exact) mass is 284 g/mol. The molecule has 0 aliphatic heterocycles. The Morgan fingerprint density at radius 2 is 1.74 bits per heavy atom.